The molecule has 2 aliphatic carbocycles. The van der Waals surface area contributed by atoms with Gasteiger partial charge in [0.15, 0.2) is 5.82 Å². The van der Waals surface area contributed by atoms with Gasteiger partial charge in [0, 0.05) is 37.0 Å². The Hall–Kier alpha value is -3.03. The van der Waals surface area contributed by atoms with E-state index >= 15 is 0 Å². The van der Waals surface area contributed by atoms with Gasteiger partial charge in [-0.3, -0.25) is 4.90 Å². The minimum absolute atomic E-state index is 0.0375. The average molecular weight is 459 g/mol. The van der Waals surface area contributed by atoms with Gasteiger partial charge in [0.05, 0.1) is 11.5 Å². The lowest BCUT2D eigenvalue weighted by atomic mass is 10.1. The molecule has 0 amide bonds. The van der Waals surface area contributed by atoms with Crippen molar-refractivity contribution in [3.8, 4) is 0 Å². The predicted molar refractivity (Wildman–Crippen MR) is 127 cm³/mol. The fourth-order valence-corrected chi connectivity index (χ4v) is 5.25. The van der Waals surface area contributed by atoms with Crippen LogP contribution in [0.2, 0.25) is 0 Å². The zero-order valence-corrected chi connectivity index (χ0v) is 19.2. The Morgan fingerprint density at radius 2 is 1.94 bits per heavy atom. The molecule has 7 heteroatoms. The summed E-state index contributed by atoms with van der Waals surface area (Å²) in [5, 5.41) is 17.2. The first-order chi connectivity index (χ1) is 16.6. The standard InChI is InChI=1S/C27H30N4O3/c32-25(33)20-8-6-18(7-9-20)15-31-13-10-21(16-31)24-29-26(30-34-24)27(11-12-27)17-28-23-14-22(23)19-4-2-1-3-5-19/h1-9,21-23,28H,10-17H2,(H,32,33)/t21?,22-,23?/m1/s1. The van der Waals surface area contributed by atoms with Gasteiger partial charge in [-0.05, 0) is 55.5 Å². The van der Waals surface area contributed by atoms with E-state index in [-0.39, 0.29) is 11.3 Å². The van der Waals surface area contributed by atoms with Crippen molar-refractivity contribution in [2.75, 3.05) is 19.6 Å². The number of hydrogen-bond acceptors (Lipinski definition) is 6. The Balaban J connectivity index is 1.02. The molecule has 6 rings (SSSR count). The van der Waals surface area contributed by atoms with E-state index in [1.807, 2.05) is 12.1 Å². The monoisotopic (exact) mass is 458 g/mol. The Morgan fingerprint density at radius 3 is 2.68 bits per heavy atom. The minimum Gasteiger partial charge on any atom is -0.478 e. The lowest BCUT2D eigenvalue weighted by Gasteiger charge is -2.15. The van der Waals surface area contributed by atoms with Crippen molar-refractivity contribution in [1.82, 2.24) is 20.4 Å². The molecule has 0 bridgehead atoms. The third-order valence-corrected chi connectivity index (χ3v) is 7.72. The summed E-state index contributed by atoms with van der Waals surface area (Å²) in [6.07, 6.45) is 4.44. The summed E-state index contributed by atoms with van der Waals surface area (Å²) in [4.78, 5) is 18.3. The normalized spacial score (nSPS) is 25.4. The van der Waals surface area contributed by atoms with E-state index in [0.717, 1.165) is 62.7 Å². The number of aromatic nitrogens is 2. The maximum Gasteiger partial charge on any atom is 0.335 e. The summed E-state index contributed by atoms with van der Waals surface area (Å²) in [6.45, 7) is 3.57. The molecule has 7 nitrogen and oxygen atoms in total. The first-order valence-corrected chi connectivity index (χ1v) is 12.3. The zero-order chi connectivity index (χ0) is 23.1. The van der Waals surface area contributed by atoms with Gasteiger partial charge in [0.2, 0.25) is 5.89 Å². The lowest BCUT2D eigenvalue weighted by Crippen LogP contribution is -2.30. The van der Waals surface area contributed by atoms with Crippen LogP contribution >= 0.6 is 0 Å². The summed E-state index contributed by atoms with van der Waals surface area (Å²) < 4.78 is 5.75. The molecule has 0 spiro atoms. The molecule has 2 saturated carbocycles. The van der Waals surface area contributed by atoms with Gasteiger partial charge in [-0.1, -0.05) is 47.6 Å². The molecule has 3 atom stereocenters. The molecule has 2 N–H and O–H groups in total. The summed E-state index contributed by atoms with van der Waals surface area (Å²) in [7, 11) is 0. The number of carboxylic acids is 1. The molecule has 2 unspecified atom stereocenters. The fraction of sp³-hybridized carbons (Fsp3) is 0.444. The number of rotatable bonds is 9. The Labute approximate surface area is 199 Å². The molecule has 34 heavy (non-hydrogen) atoms. The summed E-state index contributed by atoms with van der Waals surface area (Å²) in [6, 6.07) is 18.4. The van der Waals surface area contributed by atoms with E-state index in [2.05, 4.69) is 45.7 Å². The van der Waals surface area contributed by atoms with Crippen LogP contribution in [-0.2, 0) is 12.0 Å². The van der Waals surface area contributed by atoms with Gasteiger partial charge in [0.25, 0.3) is 0 Å². The van der Waals surface area contributed by atoms with Crippen molar-refractivity contribution < 1.29 is 14.4 Å². The largest absolute Gasteiger partial charge is 0.478 e. The van der Waals surface area contributed by atoms with Crippen molar-refractivity contribution in [3.05, 3.63) is 83.0 Å². The van der Waals surface area contributed by atoms with Crippen molar-refractivity contribution in [3.63, 3.8) is 0 Å². The maximum atomic E-state index is 11.0. The van der Waals surface area contributed by atoms with Crippen LogP contribution in [0.4, 0.5) is 0 Å². The molecule has 1 aromatic heterocycles. The van der Waals surface area contributed by atoms with Crippen molar-refractivity contribution >= 4 is 5.97 Å². The van der Waals surface area contributed by atoms with Crippen molar-refractivity contribution in [2.45, 2.75) is 55.5 Å². The predicted octanol–water partition coefficient (Wildman–Crippen LogP) is 3.93. The molecule has 2 aromatic carbocycles. The Bertz CT molecular complexity index is 1160. The molecule has 3 aliphatic rings. The van der Waals surface area contributed by atoms with Gasteiger partial charge in [-0.15, -0.1) is 0 Å². The van der Waals surface area contributed by atoms with Crippen LogP contribution in [0.5, 0.6) is 0 Å². The van der Waals surface area contributed by atoms with Gasteiger partial charge in [-0.25, -0.2) is 4.79 Å². The van der Waals surface area contributed by atoms with Crippen LogP contribution in [0.3, 0.4) is 0 Å². The first kappa shape index (κ1) is 21.5. The van der Waals surface area contributed by atoms with Crippen molar-refractivity contribution in [1.29, 1.82) is 0 Å². The fourth-order valence-electron chi connectivity index (χ4n) is 5.25. The van der Waals surface area contributed by atoms with Crippen LogP contribution in [0.1, 0.15) is 70.7 Å². The molecule has 1 saturated heterocycles. The maximum absolute atomic E-state index is 11.0. The minimum atomic E-state index is -0.892. The summed E-state index contributed by atoms with van der Waals surface area (Å²) in [5.41, 5.74) is 2.90. The quantitative estimate of drug-likeness (QED) is 0.502. The number of carboxylic acid groups (broad SMARTS) is 1. The summed E-state index contributed by atoms with van der Waals surface area (Å²) in [5.74, 6) is 1.63. The van der Waals surface area contributed by atoms with Crippen LogP contribution in [-0.4, -0.2) is 51.8 Å². The smallest absolute Gasteiger partial charge is 0.335 e. The molecular weight excluding hydrogens is 428 g/mol. The molecule has 0 radical (unpaired) electrons. The van der Waals surface area contributed by atoms with Crippen LogP contribution in [0.15, 0.2) is 59.1 Å². The second-order valence-electron chi connectivity index (χ2n) is 10.2. The zero-order valence-electron chi connectivity index (χ0n) is 19.2. The van der Waals surface area contributed by atoms with Crippen LogP contribution < -0.4 is 5.32 Å². The van der Waals surface area contributed by atoms with E-state index in [9.17, 15) is 4.79 Å². The number of likely N-dealkylation sites (tertiary alicyclic amines) is 1. The molecule has 3 fully saturated rings. The highest BCUT2D eigenvalue weighted by atomic mass is 16.5. The lowest BCUT2D eigenvalue weighted by molar-refractivity contribution is 0.0697. The van der Waals surface area contributed by atoms with E-state index < -0.39 is 5.97 Å². The van der Waals surface area contributed by atoms with Gasteiger partial charge >= 0.3 is 5.97 Å². The van der Waals surface area contributed by atoms with Crippen molar-refractivity contribution in [2.24, 2.45) is 0 Å². The van der Waals surface area contributed by atoms with Crippen LogP contribution in [0.25, 0.3) is 0 Å². The molecule has 3 aromatic rings. The number of benzene rings is 2. The van der Waals surface area contributed by atoms with Crippen LogP contribution in [0, 0.1) is 0 Å². The van der Waals surface area contributed by atoms with E-state index in [4.69, 9.17) is 14.6 Å². The average Bonchev–Trinajstić information content (AvgIpc) is 3.71. The number of nitrogens with zero attached hydrogens (tertiary/aromatic N) is 3. The number of hydrogen-bond donors (Lipinski definition) is 2. The Morgan fingerprint density at radius 1 is 1.15 bits per heavy atom. The third kappa shape index (κ3) is 4.38. The van der Waals surface area contributed by atoms with E-state index in [1.54, 1.807) is 12.1 Å². The van der Waals surface area contributed by atoms with Gasteiger partial charge in [-0.2, -0.15) is 4.98 Å². The van der Waals surface area contributed by atoms with E-state index in [0.29, 0.717) is 17.5 Å². The molecule has 176 valence electrons. The van der Waals surface area contributed by atoms with E-state index in [1.165, 1.54) is 12.0 Å². The van der Waals surface area contributed by atoms with Gasteiger partial charge in [0.1, 0.15) is 0 Å². The molecule has 1 aliphatic heterocycles. The second-order valence-corrected chi connectivity index (χ2v) is 10.2. The summed E-state index contributed by atoms with van der Waals surface area (Å²) >= 11 is 0. The third-order valence-electron chi connectivity index (χ3n) is 7.72. The number of carbonyl (C=O) groups is 1. The molecule has 2 heterocycles. The highest BCUT2D eigenvalue weighted by molar-refractivity contribution is 5.87. The first-order valence-electron chi connectivity index (χ1n) is 12.3. The molecular formula is C27H30N4O3. The Kier molecular flexibility index (Phi) is 5.46. The highest BCUT2D eigenvalue weighted by Gasteiger charge is 2.50. The topological polar surface area (TPSA) is 91.5 Å². The highest BCUT2D eigenvalue weighted by Crippen LogP contribution is 2.48. The SMILES string of the molecule is O=C(O)c1ccc(CN2CCC(c3nc(C4(CNC5C[C@@H]5c5ccccc5)CC4)no3)C2)cc1. The van der Waals surface area contributed by atoms with Gasteiger partial charge < -0.3 is 14.9 Å². The second kappa shape index (κ2) is 8.64. The number of aromatic carboxylic acids is 1. The number of nitrogens with one attached hydrogen (secondary N) is 1.